The van der Waals surface area contributed by atoms with Crippen LogP contribution in [0.15, 0.2) is 97.1 Å². The number of benzene rings is 4. The van der Waals surface area contributed by atoms with Gasteiger partial charge in [-0.3, -0.25) is 0 Å². The first kappa shape index (κ1) is 33.4. The van der Waals surface area contributed by atoms with Crippen LogP contribution in [0.3, 0.4) is 0 Å². The van der Waals surface area contributed by atoms with E-state index in [-0.39, 0.29) is 0 Å². The molecule has 0 saturated heterocycles. The highest BCUT2D eigenvalue weighted by Crippen LogP contribution is 2.19. The first-order valence-electron chi connectivity index (χ1n) is 18.1. The summed E-state index contributed by atoms with van der Waals surface area (Å²) in [6.45, 7) is 4.20. The molecule has 46 heavy (non-hydrogen) atoms. The van der Waals surface area contributed by atoms with Crippen molar-refractivity contribution in [3.8, 4) is 0 Å². The Morgan fingerprint density at radius 2 is 0.435 bits per heavy atom. The predicted octanol–water partition coefficient (Wildman–Crippen LogP) is 10.9. The Hall–Kier alpha value is -3.92. The molecule has 4 N–H and O–H groups in total. The number of nitrogens with one attached hydrogen (secondary N) is 4. The Labute approximate surface area is 278 Å². The van der Waals surface area contributed by atoms with Crippen molar-refractivity contribution < 1.29 is 0 Å². The molecule has 4 heteroatoms. The number of hydrogen-bond acceptors (Lipinski definition) is 4. The molecule has 0 aromatic heterocycles. The minimum atomic E-state index is 0.976. The summed E-state index contributed by atoms with van der Waals surface area (Å²) in [6, 6.07) is 36.0. The van der Waals surface area contributed by atoms with Gasteiger partial charge in [0.1, 0.15) is 0 Å². The average molecular weight is 617 g/mol. The van der Waals surface area contributed by atoms with Gasteiger partial charge in [0.2, 0.25) is 0 Å². The third-order valence-electron chi connectivity index (χ3n) is 9.16. The Morgan fingerprint density at radius 1 is 0.239 bits per heavy atom. The predicted molar refractivity (Wildman–Crippen MR) is 201 cm³/mol. The van der Waals surface area contributed by atoms with Gasteiger partial charge in [-0.05, 0) is 109 Å². The van der Waals surface area contributed by atoms with Crippen LogP contribution in [0, 0.1) is 0 Å². The van der Waals surface area contributed by atoms with Gasteiger partial charge in [-0.1, -0.05) is 99.9 Å². The minimum absolute atomic E-state index is 0.976. The second kappa shape index (κ2) is 19.6. The van der Waals surface area contributed by atoms with Crippen molar-refractivity contribution in [2.75, 3.05) is 47.4 Å². The molecule has 0 fully saturated rings. The number of rotatable bonds is 0. The molecular weight excluding hydrogens is 560 g/mol. The first-order valence-corrected chi connectivity index (χ1v) is 18.1. The lowest BCUT2D eigenvalue weighted by atomic mass is 10.0. The van der Waals surface area contributed by atoms with Crippen LogP contribution >= 0.6 is 0 Å². The van der Waals surface area contributed by atoms with E-state index in [9.17, 15) is 0 Å². The van der Waals surface area contributed by atoms with E-state index in [4.69, 9.17) is 0 Å². The van der Waals surface area contributed by atoms with Crippen LogP contribution in [0.5, 0.6) is 0 Å². The van der Waals surface area contributed by atoms with Gasteiger partial charge in [-0.15, -0.1) is 0 Å². The van der Waals surface area contributed by atoms with E-state index in [2.05, 4.69) is 118 Å². The van der Waals surface area contributed by atoms with Gasteiger partial charge in [-0.2, -0.15) is 0 Å². The number of anilines is 4. The zero-order valence-electron chi connectivity index (χ0n) is 28.0. The van der Waals surface area contributed by atoms with Crippen LogP contribution in [0.1, 0.15) is 99.3 Å². The number of hydrogen-bond donors (Lipinski definition) is 4. The molecule has 0 saturated carbocycles. The van der Waals surface area contributed by atoms with Gasteiger partial charge in [0.05, 0.1) is 0 Å². The molecule has 0 radical (unpaired) electrons. The molecule has 0 amide bonds. The van der Waals surface area contributed by atoms with Crippen molar-refractivity contribution in [1.82, 2.24) is 0 Å². The zero-order valence-corrected chi connectivity index (χ0v) is 28.0. The van der Waals surface area contributed by atoms with E-state index in [1.165, 1.54) is 122 Å². The summed E-state index contributed by atoms with van der Waals surface area (Å²) in [5.41, 5.74) is 10.4. The van der Waals surface area contributed by atoms with Gasteiger partial charge in [0, 0.05) is 48.9 Å². The maximum atomic E-state index is 3.61. The van der Waals surface area contributed by atoms with Crippen LogP contribution in [-0.2, 0) is 12.8 Å². The molecule has 10 heterocycles. The molecule has 4 nitrogen and oxygen atoms in total. The van der Waals surface area contributed by atoms with Crippen molar-refractivity contribution in [3.63, 3.8) is 0 Å². The molecule has 0 unspecified atom stereocenters. The highest BCUT2D eigenvalue weighted by molar-refractivity contribution is 5.49. The molecule has 8 bridgehead atoms. The van der Waals surface area contributed by atoms with Crippen LogP contribution in [0.25, 0.3) is 0 Å². The Bertz CT molecular complexity index is 1150. The van der Waals surface area contributed by atoms with Crippen LogP contribution in [-0.4, -0.2) is 26.2 Å². The molecule has 10 aliphatic rings. The van der Waals surface area contributed by atoms with Gasteiger partial charge in [0.25, 0.3) is 0 Å². The molecule has 244 valence electrons. The van der Waals surface area contributed by atoms with Crippen LogP contribution in [0.4, 0.5) is 22.7 Å². The van der Waals surface area contributed by atoms with Crippen LogP contribution in [0.2, 0.25) is 0 Å². The van der Waals surface area contributed by atoms with Crippen molar-refractivity contribution in [1.29, 1.82) is 0 Å². The summed E-state index contributed by atoms with van der Waals surface area (Å²) in [5.74, 6) is 0. The highest BCUT2D eigenvalue weighted by atomic mass is 14.9. The fraction of sp³-hybridized carbons (Fsp3) is 0.429. The first-order chi connectivity index (χ1) is 22.8. The third-order valence-corrected chi connectivity index (χ3v) is 9.16. The molecule has 4 aromatic carbocycles. The standard InChI is InChI=1S/C42H56N4/c1-2-6-10-30-44-40-23-15-36(16-24-40)34-38-19-27-42(28-20-38)46-32-12-8-4-3-7-11-31-45-41-25-17-37(18-26-41)33-35-13-21-39(22-14-35)43-29-9-5-1/h13-28,43-46H,1-12,29-34H2. The maximum Gasteiger partial charge on any atom is 0.0340 e. The van der Waals surface area contributed by atoms with E-state index in [1.807, 2.05) is 0 Å². The van der Waals surface area contributed by atoms with E-state index >= 15 is 0 Å². The summed E-state index contributed by atoms with van der Waals surface area (Å²) in [4.78, 5) is 0. The van der Waals surface area contributed by atoms with Gasteiger partial charge in [-0.25, -0.2) is 0 Å². The topological polar surface area (TPSA) is 48.1 Å². The molecule has 10 aliphatic heterocycles. The van der Waals surface area contributed by atoms with E-state index in [0.29, 0.717) is 0 Å². The Balaban J connectivity index is 1.06. The third kappa shape index (κ3) is 12.5. The zero-order chi connectivity index (χ0) is 31.5. The monoisotopic (exact) mass is 616 g/mol. The van der Waals surface area contributed by atoms with Crippen molar-refractivity contribution in [2.24, 2.45) is 0 Å². The SMILES string of the molecule is c1cc2ccc1Cc1ccc(cc1)NCCCCCCCCNc1ccc(cc1)Cc1ccc(cc1)NCCCCCCCCN2. The Morgan fingerprint density at radius 3 is 0.652 bits per heavy atom. The second-order valence-electron chi connectivity index (χ2n) is 13.1. The lowest BCUT2D eigenvalue weighted by molar-refractivity contribution is 0.610. The van der Waals surface area contributed by atoms with Gasteiger partial charge in [0.15, 0.2) is 0 Å². The fourth-order valence-corrected chi connectivity index (χ4v) is 6.28. The molecule has 0 spiro atoms. The maximum absolute atomic E-state index is 3.61. The van der Waals surface area contributed by atoms with Crippen molar-refractivity contribution in [2.45, 2.75) is 89.9 Å². The van der Waals surface area contributed by atoms with E-state index in [0.717, 1.165) is 39.0 Å². The Kier molecular flexibility index (Phi) is 14.2. The van der Waals surface area contributed by atoms with E-state index in [1.54, 1.807) is 0 Å². The molecule has 0 aliphatic carbocycles. The van der Waals surface area contributed by atoms with Crippen molar-refractivity contribution in [3.05, 3.63) is 119 Å². The second-order valence-corrected chi connectivity index (χ2v) is 13.1. The molecule has 0 atom stereocenters. The fourth-order valence-electron chi connectivity index (χ4n) is 6.28. The summed E-state index contributed by atoms with van der Waals surface area (Å²) in [6.07, 6.45) is 17.3. The van der Waals surface area contributed by atoms with Crippen LogP contribution < -0.4 is 21.3 Å². The molecule has 14 rings (SSSR count). The van der Waals surface area contributed by atoms with Crippen molar-refractivity contribution >= 4 is 22.7 Å². The lowest BCUT2D eigenvalue weighted by Gasteiger charge is -2.10. The summed E-state index contributed by atoms with van der Waals surface area (Å²) < 4.78 is 0. The average Bonchev–Trinajstić information content (AvgIpc) is 3.09. The lowest BCUT2D eigenvalue weighted by Crippen LogP contribution is -2.03. The van der Waals surface area contributed by atoms with E-state index < -0.39 is 0 Å². The van der Waals surface area contributed by atoms with Gasteiger partial charge >= 0.3 is 0 Å². The highest BCUT2D eigenvalue weighted by Gasteiger charge is 2.02. The summed E-state index contributed by atoms with van der Waals surface area (Å²) in [5, 5.41) is 14.4. The summed E-state index contributed by atoms with van der Waals surface area (Å²) in [7, 11) is 0. The molecular formula is C42H56N4. The molecule has 4 aromatic rings. The minimum Gasteiger partial charge on any atom is -0.385 e. The van der Waals surface area contributed by atoms with Gasteiger partial charge < -0.3 is 21.3 Å². The normalized spacial score (nSPS) is 16.7. The largest absolute Gasteiger partial charge is 0.385 e. The quantitative estimate of drug-likeness (QED) is 0.159. The smallest absolute Gasteiger partial charge is 0.0340 e. The summed E-state index contributed by atoms with van der Waals surface area (Å²) >= 11 is 0.